The first-order valence-corrected chi connectivity index (χ1v) is 5.80. The zero-order chi connectivity index (χ0) is 12.4. The summed E-state index contributed by atoms with van der Waals surface area (Å²) in [5.41, 5.74) is 2.83. The second-order valence-electron chi connectivity index (χ2n) is 4.07. The zero-order valence-electron chi connectivity index (χ0n) is 9.80. The van der Waals surface area contributed by atoms with Gasteiger partial charge in [0.1, 0.15) is 0 Å². The van der Waals surface area contributed by atoms with Gasteiger partial charge in [0, 0.05) is 22.7 Å². The van der Waals surface area contributed by atoms with Crippen LogP contribution in [-0.4, -0.2) is 4.98 Å². The van der Waals surface area contributed by atoms with E-state index in [0.29, 0.717) is 0 Å². The highest BCUT2D eigenvalue weighted by Crippen LogP contribution is 2.28. The van der Waals surface area contributed by atoms with E-state index in [9.17, 15) is 0 Å². The van der Waals surface area contributed by atoms with Crippen molar-refractivity contribution in [2.45, 2.75) is 0 Å². The molecule has 0 aliphatic rings. The molecule has 0 N–H and O–H groups in total. The normalized spacial score (nSPS) is 10.2. The van der Waals surface area contributed by atoms with Crippen LogP contribution >= 0.6 is 0 Å². The third-order valence-electron chi connectivity index (χ3n) is 3.01. The molecule has 0 spiro atoms. The minimum absolute atomic E-state index is 0.876. The second kappa shape index (κ2) is 4.35. The Morgan fingerprint density at radius 2 is 1.67 bits per heavy atom. The molecule has 1 heteroatoms. The van der Waals surface area contributed by atoms with Crippen LogP contribution in [-0.2, 0) is 0 Å². The Morgan fingerprint density at radius 1 is 0.889 bits per heavy atom. The molecule has 0 saturated heterocycles. The Kier molecular flexibility index (Phi) is 2.55. The summed E-state index contributed by atoms with van der Waals surface area (Å²) < 4.78 is 0. The molecule has 0 saturated carbocycles. The summed E-state index contributed by atoms with van der Waals surface area (Å²) in [6.07, 6.45) is 7.38. The first-order valence-electron chi connectivity index (χ1n) is 5.80. The topological polar surface area (TPSA) is 12.9 Å². The van der Waals surface area contributed by atoms with Gasteiger partial charge in [-0.2, -0.15) is 0 Å². The van der Waals surface area contributed by atoms with Crippen LogP contribution in [0.1, 0.15) is 5.56 Å². The maximum Gasteiger partial charge on any atom is 0.0792 e. The van der Waals surface area contributed by atoms with Gasteiger partial charge in [0.25, 0.3) is 0 Å². The summed E-state index contributed by atoms with van der Waals surface area (Å²) in [5.74, 6) is 2.72. The maximum absolute atomic E-state index is 5.55. The van der Waals surface area contributed by atoms with Gasteiger partial charge in [0.2, 0.25) is 0 Å². The molecule has 0 amide bonds. The number of fused-ring (bicyclic) bond motifs is 1. The lowest BCUT2D eigenvalue weighted by Gasteiger charge is -2.07. The van der Waals surface area contributed by atoms with Gasteiger partial charge >= 0.3 is 0 Å². The molecule has 84 valence electrons. The zero-order valence-corrected chi connectivity index (χ0v) is 9.80. The van der Waals surface area contributed by atoms with Gasteiger partial charge in [-0.05, 0) is 17.5 Å². The van der Waals surface area contributed by atoms with Gasteiger partial charge < -0.3 is 0 Å². The van der Waals surface area contributed by atoms with Crippen molar-refractivity contribution in [1.82, 2.24) is 4.98 Å². The SMILES string of the molecule is C#Cc1ccccc1-c1nccc2ccccc12. The molecule has 1 aromatic heterocycles. The van der Waals surface area contributed by atoms with E-state index >= 15 is 0 Å². The molecule has 0 bridgehead atoms. The fourth-order valence-corrected chi connectivity index (χ4v) is 2.15. The highest BCUT2D eigenvalue weighted by atomic mass is 14.7. The van der Waals surface area contributed by atoms with Gasteiger partial charge in [-0.25, -0.2) is 0 Å². The van der Waals surface area contributed by atoms with Crippen LogP contribution in [0.25, 0.3) is 22.0 Å². The summed E-state index contributed by atoms with van der Waals surface area (Å²) in [6, 6.07) is 18.1. The Hall–Kier alpha value is -2.59. The number of hydrogen-bond donors (Lipinski definition) is 0. The van der Waals surface area contributed by atoms with Crippen LogP contribution in [0.2, 0.25) is 0 Å². The maximum atomic E-state index is 5.55. The Morgan fingerprint density at radius 3 is 2.56 bits per heavy atom. The van der Waals surface area contributed by atoms with Crippen LogP contribution in [0, 0.1) is 12.3 Å². The van der Waals surface area contributed by atoms with E-state index in [0.717, 1.165) is 22.2 Å². The van der Waals surface area contributed by atoms with Gasteiger partial charge in [0.15, 0.2) is 0 Å². The molecule has 18 heavy (non-hydrogen) atoms. The average Bonchev–Trinajstić information content (AvgIpc) is 2.46. The molecule has 3 aromatic rings. The van der Waals surface area contributed by atoms with Crippen molar-refractivity contribution in [3.05, 3.63) is 66.4 Å². The molecule has 0 unspecified atom stereocenters. The quantitative estimate of drug-likeness (QED) is 0.577. The minimum Gasteiger partial charge on any atom is -0.256 e. The summed E-state index contributed by atoms with van der Waals surface area (Å²) in [7, 11) is 0. The average molecular weight is 229 g/mol. The largest absolute Gasteiger partial charge is 0.256 e. The van der Waals surface area contributed by atoms with E-state index in [1.165, 1.54) is 5.39 Å². The van der Waals surface area contributed by atoms with Crippen LogP contribution < -0.4 is 0 Å². The first kappa shape index (κ1) is 10.6. The summed E-state index contributed by atoms with van der Waals surface area (Å²) in [4.78, 5) is 4.49. The fraction of sp³-hybridized carbons (Fsp3) is 0. The number of nitrogens with zero attached hydrogens (tertiary/aromatic N) is 1. The van der Waals surface area contributed by atoms with Gasteiger partial charge in [0.05, 0.1) is 5.69 Å². The number of aromatic nitrogens is 1. The number of pyridine rings is 1. The van der Waals surface area contributed by atoms with Crippen LogP contribution in [0.5, 0.6) is 0 Å². The third kappa shape index (κ3) is 1.65. The lowest BCUT2D eigenvalue weighted by molar-refractivity contribution is 1.35. The van der Waals surface area contributed by atoms with Crippen molar-refractivity contribution in [2.24, 2.45) is 0 Å². The van der Waals surface area contributed by atoms with Gasteiger partial charge in [-0.15, -0.1) is 6.42 Å². The minimum atomic E-state index is 0.876. The molecule has 2 aromatic carbocycles. The number of hydrogen-bond acceptors (Lipinski definition) is 1. The van der Waals surface area contributed by atoms with Crippen LogP contribution in [0.3, 0.4) is 0 Å². The first-order chi connectivity index (χ1) is 8.90. The predicted molar refractivity (Wildman–Crippen MR) is 75.1 cm³/mol. The van der Waals surface area contributed by atoms with Crippen molar-refractivity contribution in [3.8, 4) is 23.6 Å². The number of terminal acetylenes is 1. The summed E-state index contributed by atoms with van der Waals surface area (Å²) in [6.45, 7) is 0. The van der Waals surface area contributed by atoms with Crippen LogP contribution in [0.4, 0.5) is 0 Å². The van der Waals surface area contributed by atoms with Crippen LogP contribution in [0.15, 0.2) is 60.8 Å². The smallest absolute Gasteiger partial charge is 0.0792 e. The molecule has 0 radical (unpaired) electrons. The standard InChI is InChI=1S/C17H11N/c1-2-13-7-3-5-9-15(13)17-16-10-6-4-8-14(16)11-12-18-17/h1,3-12H. The number of benzene rings is 2. The molecule has 1 heterocycles. The molecule has 3 rings (SSSR count). The predicted octanol–water partition coefficient (Wildman–Crippen LogP) is 3.88. The lowest BCUT2D eigenvalue weighted by Crippen LogP contribution is -1.89. The lowest BCUT2D eigenvalue weighted by atomic mass is 10.00. The van der Waals surface area contributed by atoms with Gasteiger partial charge in [-0.1, -0.05) is 48.4 Å². The molecule has 0 atom stereocenters. The van der Waals surface area contributed by atoms with E-state index in [4.69, 9.17) is 6.42 Å². The fourth-order valence-electron chi connectivity index (χ4n) is 2.15. The second-order valence-corrected chi connectivity index (χ2v) is 4.07. The molecule has 0 fully saturated rings. The van der Waals surface area contributed by atoms with E-state index in [-0.39, 0.29) is 0 Å². The van der Waals surface area contributed by atoms with E-state index in [2.05, 4.69) is 23.0 Å². The molecule has 0 aliphatic carbocycles. The summed E-state index contributed by atoms with van der Waals surface area (Å²) in [5, 5.41) is 2.30. The third-order valence-corrected chi connectivity index (χ3v) is 3.01. The van der Waals surface area contributed by atoms with Crippen molar-refractivity contribution in [2.75, 3.05) is 0 Å². The van der Waals surface area contributed by atoms with E-state index < -0.39 is 0 Å². The summed E-state index contributed by atoms with van der Waals surface area (Å²) >= 11 is 0. The highest BCUT2D eigenvalue weighted by molar-refractivity contribution is 5.95. The number of rotatable bonds is 1. The molecular weight excluding hydrogens is 218 g/mol. The van der Waals surface area contributed by atoms with E-state index in [1.54, 1.807) is 0 Å². The Balaban J connectivity index is 2.36. The van der Waals surface area contributed by atoms with E-state index in [1.807, 2.05) is 48.7 Å². The molecular formula is C17H11N. The van der Waals surface area contributed by atoms with Crippen molar-refractivity contribution < 1.29 is 0 Å². The highest BCUT2D eigenvalue weighted by Gasteiger charge is 2.07. The monoisotopic (exact) mass is 229 g/mol. The van der Waals surface area contributed by atoms with Crippen molar-refractivity contribution >= 4 is 10.8 Å². The molecule has 0 aliphatic heterocycles. The van der Waals surface area contributed by atoms with Crippen molar-refractivity contribution in [1.29, 1.82) is 0 Å². The Bertz CT molecular complexity index is 745. The van der Waals surface area contributed by atoms with Crippen molar-refractivity contribution in [3.63, 3.8) is 0 Å². The molecule has 1 nitrogen and oxygen atoms in total. The Labute approximate surface area is 106 Å². The van der Waals surface area contributed by atoms with Gasteiger partial charge in [-0.3, -0.25) is 4.98 Å².